The summed E-state index contributed by atoms with van der Waals surface area (Å²) in [6.07, 6.45) is 0. The minimum Gasteiger partial charge on any atom is -0.397 e. The van der Waals surface area contributed by atoms with E-state index >= 15 is 0 Å². The van der Waals surface area contributed by atoms with Crippen LogP contribution in [0.4, 0.5) is 17.1 Å². The van der Waals surface area contributed by atoms with Crippen molar-refractivity contribution in [2.75, 3.05) is 18.1 Å². The van der Waals surface area contributed by atoms with Gasteiger partial charge < -0.3 is 16.4 Å². The maximum atomic E-state index is 11.6. The number of hydrogen-bond acceptors (Lipinski definition) is 3. The molecule has 0 saturated heterocycles. The second-order valence-corrected chi connectivity index (χ2v) is 4.32. The van der Waals surface area contributed by atoms with Crippen LogP contribution in [0.15, 0.2) is 42.5 Å². The van der Waals surface area contributed by atoms with E-state index in [4.69, 9.17) is 5.73 Å². The van der Waals surface area contributed by atoms with Crippen molar-refractivity contribution in [3.8, 4) is 0 Å². The highest BCUT2D eigenvalue weighted by Crippen LogP contribution is 2.26. The van der Waals surface area contributed by atoms with Gasteiger partial charge in [-0.05, 0) is 36.8 Å². The highest BCUT2D eigenvalue weighted by atomic mass is 16.1. The summed E-state index contributed by atoms with van der Waals surface area (Å²) in [6, 6.07) is 13.1. The molecule has 2 aromatic carbocycles. The first kappa shape index (κ1) is 13.0. The number of aryl methyl sites for hydroxylation is 1. The number of rotatable bonds is 3. The van der Waals surface area contributed by atoms with Crippen LogP contribution in [0.2, 0.25) is 0 Å². The summed E-state index contributed by atoms with van der Waals surface area (Å²) in [7, 11) is 1.60. The molecule has 0 heterocycles. The van der Waals surface area contributed by atoms with Gasteiger partial charge in [0.05, 0.1) is 11.4 Å². The first-order valence-electron chi connectivity index (χ1n) is 6.06. The van der Waals surface area contributed by atoms with Gasteiger partial charge in [0.1, 0.15) is 0 Å². The van der Waals surface area contributed by atoms with Gasteiger partial charge in [0.15, 0.2) is 0 Å². The third kappa shape index (κ3) is 2.85. The second kappa shape index (κ2) is 5.44. The normalized spacial score (nSPS) is 10.0. The van der Waals surface area contributed by atoms with Crippen molar-refractivity contribution in [2.45, 2.75) is 6.92 Å². The van der Waals surface area contributed by atoms with Crippen LogP contribution in [-0.2, 0) is 0 Å². The Balaban J connectivity index is 2.34. The molecule has 0 fully saturated rings. The minimum absolute atomic E-state index is 0.132. The number of amides is 1. The molecule has 19 heavy (non-hydrogen) atoms. The monoisotopic (exact) mass is 255 g/mol. The number of nitrogens with two attached hydrogens (primary N) is 1. The summed E-state index contributed by atoms with van der Waals surface area (Å²) in [6.45, 7) is 2.02. The number of hydrogen-bond donors (Lipinski definition) is 3. The zero-order chi connectivity index (χ0) is 13.8. The Hall–Kier alpha value is -2.49. The Morgan fingerprint density at radius 2 is 1.84 bits per heavy atom. The van der Waals surface area contributed by atoms with Crippen LogP contribution < -0.4 is 16.4 Å². The van der Waals surface area contributed by atoms with Gasteiger partial charge in [-0.1, -0.05) is 18.2 Å². The molecule has 2 rings (SSSR count). The number of nitrogen functional groups attached to an aromatic ring is 1. The molecular weight excluding hydrogens is 238 g/mol. The summed E-state index contributed by atoms with van der Waals surface area (Å²) in [4.78, 5) is 11.6. The fraction of sp³-hybridized carbons (Fsp3) is 0.133. The van der Waals surface area contributed by atoms with Crippen LogP contribution >= 0.6 is 0 Å². The lowest BCUT2D eigenvalue weighted by atomic mass is 10.1. The van der Waals surface area contributed by atoms with Crippen molar-refractivity contribution in [3.63, 3.8) is 0 Å². The van der Waals surface area contributed by atoms with Crippen molar-refractivity contribution >= 4 is 23.0 Å². The molecule has 0 aromatic heterocycles. The van der Waals surface area contributed by atoms with Crippen LogP contribution in [0, 0.1) is 6.92 Å². The maximum Gasteiger partial charge on any atom is 0.251 e. The average Bonchev–Trinajstić information content (AvgIpc) is 2.42. The van der Waals surface area contributed by atoms with E-state index in [1.54, 1.807) is 25.2 Å². The van der Waals surface area contributed by atoms with Crippen molar-refractivity contribution in [3.05, 3.63) is 53.6 Å². The van der Waals surface area contributed by atoms with E-state index in [0.29, 0.717) is 11.3 Å². The number of para-hydroxylation sites is 1. The third-order valence-corrected chi connectivity index (χ3v) is 2.96. The third-order valence-electron chi connectivity index (χ3n) is 2.96. The van der Waals surface area contributed by atoms with E-state index in [1.165, 1.54) is 0 Å². The van der Waals surface area contributed by atoms with Crippen molar-refractivity contribution in [2.24, 2.45) is 0 Å². The molecule has 4 heteroatoms. The predicted molar refractivity (Wildman–Crippen MR) is 78.7 cm³/mol. The van der Waals surface area contributed by atoms with Crippen molar-refractivity contribution in [1.29, 1.82) is 0 Å². The summed E-state index contributed by atoms with van der Waals surface area (Å²) in [5.74, 6) is -0.132. The molecule has 98 valence electrons. The first-order chi connectivity index (χ1) is 9.11. The lowest BCUT2D eigenvalue weighted by molar-refractivity contribution is 0.0963. The minimum atomic E-state index is -0.132. The molecule has 0 saturated carbocycles. The molecule has 0 unspecified atom stereocenters. The lowest BCUT2D eigenvalue weighted by Gasteiger charge is -2.12. The molecule has 4 nitrogen and oxygen atoms in total. The van der Waals surface area contributed by atoms with E-state index in [1.807, 2.05) is 31.2 Å². The van der Waals surface area contributed by atoms with Crippen LogP contribution in [0.3, 0.4) is 0 Å². The standard InChI is InChI=1S/C15H17N3O/c1-10-5-3-4-6-13(10)18-14-9-11(15(19)17-2)7-8-12(14)16/h3-9,18H,16H2,1-2H3,(H,17,19). The van der Waals surface area contributed by atoms with Crippen LogP contribution in [0.5, 0.6) is 0 Å². The van der Waals surface area contributed by atoms with Crippen molar-refractivity contribution < 1.29 is 4.79 Å². The van der Waals surface area contributed by atoms with Gasteiger partial charge in [-0.15, -0.1) is 0 Å². The molecule has 0 bridgehead atoms. The highest BCUT2D eigenvalue weighted by Gasteiger charge is 2.07. The van der Waals surface area contributed by atoms with Gasteiger partial charge in [0, 0.05) is 18.3 Å². The van der Waals surface area contributed by atoms with Crippen molar-refractivity contribution in [1.82, 2.24) is 5.32 Å². The van der Waals surface area contributed by atoms with Gasteiger partial charge in [-0.25, -0.2) is 0 Å². The SMILES string of the molecule is CNC(=O)c1ccc(N)c(Nc2ccccc2C)c1. The van der Waals surface area contributed by atoms with Gasteiger partial charge in [-0.3, -0.25) is 4.79 Å². The van der Waals surface area contributed by atoms with E-state index in [9.17, 15) is 4.79 Å². The molecule has 4 N–H and O–H groups in total. The molecule has 2 aromatic rings. The van der Waals surface area contributed by atoms with E-state index in [2.05, 4.69) is 10.6 Å². The second-order valence-electron chi connectivity index (χ2n) is 4.32. The van der Waals surface area contributed by atoms with E-state index in [0.717, 1.165) is 16.9 Å². The molecule has 0 aliphatic heterocycles. The number of anilines is 3. The Labute approximate surface area is 112 Å². The zero-order valence-electron chi connectivity index (χ0n) is 11.0. The van der Waals surface area contributed by atoms with E-state index < -0.39 is 0 Å². The Morgan fingerprint density at radius 3 is 2.53 bits per heavy atom. The average molecular weight is 255 g/mol. The smallest absolute Gasteiger partial charge is 0.251 e. The van der Waals surface area contributed by atoms with Gasteiger partial charge >= 0.3 is 0 Å². The predicted octanol–water partition coefficient (Wildman–Crippen LogP) is 2.68. The number of carbonyl (C=O) groups excluding carboxylic acids is 1. The molecule has 0 spiro atoms. The summed E-state index contributed by atoms with van der Waals surface area (Å²) < 4.78 is 0. The number of benzene rings is 2. The summed E-state index contributed by atoms with van der Waals surface area (Å²) >= 11 is 0. The first-order valence-corrected chi connectivity index (χ1v) is 6.06. The Kier molecular flexibility index (Phi) is 3.71. The summed E-state index contributed by atoms with van der Waals surface area (Å²) in [5.41, 5.74) is 9.94. The molecule has 0 atom stereocenters. The molecule has 0 aliphatic rings. The molecule has 0 radical (unpaired) electrons. The Morgan fingerprint density at radius 1 is 1.11 bits per heavy atom. The topological polar surface area (TPSA) is 67.2 Å². The molecule has 0 aliphatic carbocycles. The quantitative estimate of drug-likeness (QED) is 0.739. The number of carbonyl (C=O) groups is 1. The maximum absolute atomic E-state index is 11.6. The molecular formula is C15H17N3O. The van der Waals surface area contributed by atoms with Crippen LogP contribution in [-0.4, -0.2) is 13.0 Å². The largest absolute Gasteiger partial charge is 0.397 e. The number of nitrogens with one attached hydrogen (secondary N) is 2. The van der Waals surface area contributed by atoms with Gasteiger partial charge in [0.2, 0.25) is 0 Å². The van der Waals surface area contributed by atoms with Crippen LogP contribution in [0.25, 0.3) is 0 Å². The highest BCUT2D eigenvalue weighted by molar-refractivity contribution is 5.96. The van der Waals surface area contributed by atoms with E-state index in [-0.39, 0.29) is 5.91 Å². The molecule has 1 amide bonds. The van der Waals surface area contributed by atoms with Gasteiger partial charge in [0.25, 0.3) is 5.91 Å². The fourth-order valence-electron chi connectivity index (χ4n) is 1.81. The fourth-order valence-corrected chi connectivity index (χ4v) is 1.81. The van der Waals surface area contributed by atoms with Gasteiger partial charge in [-0.2, -0.15) is 0 Å². The van der Waals surface area contributed by atoms with Crippen LogP contribution in [0.1, 0.15) is 15.9 Å². The lowest BCUT2D eigenvalue weighted by Crippen LogP contribution is -2.18. The zero-order valence-corrected chi connectivity index (χ0v) is 11.0. The summed E-state index contributed by atoms with van der Waals surface area (Å²) in [5, 5.41) is 5.85. The Bertz CT molecular complexity index is 608.